The lowest BCUT2D eigenvalue weighted by molar-refractivity contribution is -0.162. The van der Waals surface area contributed by atoms with Crippen molar-refractivity contribution in [3.05, 3.63) is 12.8 Å². The molecule has 0 saturated carbocycles. The van der Waals surface area contributed by atoms with Crippen LogP contribution in [0.1, 0.15) is 6.42 Å². The molecule has 0 spiro atoms. The molecule has 1 aliphatic rings. The zero-order chi connectivity index (χ0) is 7.56. The molecule has 10 heavy (non-hydrogen) atoms. The molecule has 1 fully saturated rings. The van der Waals surface area contributed by atoms with Gasteiger partial charge in [0, 0.05) is 0 Å². The number of alkyl halides is 1. The van der Waals surface area contributed by atoms with Crippen LogP contribution in [0.25, 0.3) is 0 Å². The van der Waals surface area contributed by atoms with Gasteiger partial charge in [-0.25, -0.2) is 0 Å². The van der Waals surface area contributed by atoms with Gasteiger partial charge in [-0.2, -0.15) is 0 Å². The van der Waals surface area contributed by atoms with E-state index >= 15 is 0 Å². The molecule has 1 rings (SSSR count). The van der Waals surface area contributed by atoms with Gasteiger partial charge in [-0.15, -0.1) is 11.6 Å². The minimum absolute atomic E-state index is 0.0295. The monoisotopic (exact) mass is 161 g/mol. The predicted octanol–water partition coefficient (Wildman–Crippen LogP) is 0.901. The summed E-state index contributed by atoms with van der Waals surface area (Å²) in [6, 6.07) is 0.192. The highest BCUT2D eigenvalue weighted by Gasteiger charge is 2.36. The van der Waals surface area contributed by atoms with E-state index in [1.165, 1.54) is 11.2 Å². The fraction of sp³-hybridized carbons (Fsp3) is 0.500. The molecule has 56 valence electrons. The van der Waals surface area contributed by atoms with Crippen molar-refractivity contribution >= 4 is 17.5 Å². The topological polar surface area (TPSA) is 29.5 Å². The third-order valence-electron chi connectivity index (χ3n) is 1.40. The van der Waals surface area contributed by atoms with Crippen molar-refractivity contribution in [3.63, 3.8) is 0 Å². The van der Waals surface area contributed by atoms with Crippen LogP contribution in [0.2, 0.25) is 0 Å². The summed E-state index contributed by atoms with van der Waals surface area (Å²) < 4.78 is 4.94. The van der Waals surface area contributed by atoms with E-state index in [0.29, 0.717) is 6.42 Å². The number of β-lactam (4-membered cyclic amide) rings is 1. The van der Waals surface area contributed by atoms with Crippen LogP contribution in [0, 0.1) is 0 Å². The van der Waals surface area contributed by atoms with E-state index in [1.54, 1.807) is 0 Å². The number of hydrogen-bond donors (Lipinski definition) is 0. The molecule has 0 aromatic carbocycles. The minimum Gasteiger partial charge on any atom is -0.478 e. The second kappa shape index (κ2) is 2.92. The summed E-state index contributed by atoms with van der Waals surface area (Å²) in [5, 5.41) is 0. The first-order valence-corrected chi connectivity index (χ1v) is 3.45. The average molecular weight is 162 g/mol. The smallest absolute Gasteiger partial charge is 0.232 e. The molecule has 0 bridgehead atoms. The van der Waals surface area contributed by atoms with Gasteiger partial charge in [0.25, 0.3) is 0 Å². The Morgan fingerprint density at radius 1 is 2.00 bits per heavy atom. The molecule has 1 atom stereocenters. The standard InChI is InChI=1S/C6H8ClNO2/c1-2-10-6-3-5(9)8(6)4-7/h2,6H,1,3-4H2. The fourth-order valence-electron chi connectivity index (χ4n) is 0.801. The SMILES string of the molecule is C=COC1CC(=O)N1CCl. The van der Waals surface area contributed by atoms with E-state index in [2.05, 4.69) is 6.58 Å². The summed E-state index contributed by atoms with van der Waals surface area (Å²) in [7, 11) is 0. The Hall–Kier alpha value is -0.700. The van der Waals surface area contributed by atoms with Crippen LogP contribution in [0.15, 0.2) is 12.8 Å². The zero-order valence-electron chi connectivity index (χ0n) is 5.42. The van der Waals surface area contributed by atoms with Gasteiger partial charge in [-0.3, -0.25) is 9.69 Å². The summed E-state index contributed by atoms with van der Waals surface area (Å²) in [6.07, 6.45) is 1.55. The van der Waals surface area contributed by atoms with Gasteiger partial charge >= 0.3 is 0 Å². The van der Waals surface area contributed by atoms with Crippen LogP contribution >= 0.6 is 11.6 Å². The molecular formula is C6H8ClNO2. The number of carbonyl (C=O) groups excluding carboxylic acids is 1. The Morgan fingerprint density at radius 2 is 2.70 bits per heavy atom. The summed E-state index contributed by atoms with van der Waals surface area (Å²) in [6.45, 7) is 3.37. The highest BCUT2D eigenvalue weighted by molar-refractivity contribution is 6.18. The molecule has 0 radical (unpaired) electrons. The van der Waals surface area contributed by atoms with E-state index in [9.17, 15) is 4.79 Å². The summed E-state index contributed by atoms with van der Waals surface area (Å²) in [4.78, 5) is 12.1. The number of amides is 1. The van der Waals surface area contributed by atoms with Gasteiger partial charge in [0.2, 0.25) is 5.91 Å². The van der Waals surface area contributed by atoms with E-state index in [1.807, 2.05) is 0 Å². The lowest BCUT2D eigenvalue weighted by atomic mass is 10.2. The molecule has 4 heteroatoms. The molecule has 1 unspecified atom stereocenters. The van der Waals surface area contributed by atoms with E-state index < -0.39 is 0 Å². The molecule has 3 nitrogen and oxygen atoms in total. The predicted molar refractivity (Wildman–Crippen MR) is 37.3 cm³/mol. The third kappa shape index (κ3) is 1.09. The maximum absolute atomic E-state index is 10.7. The Kier molecular flexibility index (Phi) is 2.17. The Balaban J connectivity index is 2.37. The minimum atomic E-state index is -0.178. The van der Waals surface area contributed by atoms with Gasteiger partial charge in [-0.05, 0) is 0 Å². The average Bonchev–Trinajstić information content (AvgIpc) is 1.88. The molecule has 0 aromatic heterocycles. The van der Waals surface area contributed by atoms with Gasteiger partial charge in [0.1, 0.15) is 0 Å². The van der Waals surface area contributed by atoms with E-state index in [4.69, 9.17) is 16.3 Å². The van der Waals surface area contributed by atoms with E-state index in [0.717, 1.165) is 0 Å². The molecule has 0 N–H and O–H groups in total. The van der Waals surface area contributed by atoms with Crippen molar-refractivity contribution in [1.29, 1.82) is 0 Å². The summed E-state index contributed by atoms with van der Waals surface area (Å²) >= 11 is 5.42. The molecule has 1 aliphatic heterocycles. The number of halogens is 1. The summed E-state index contributed by atoms with van der Waals surface area (Å²) in [5.74, 6) is 0.0295. The molecule has 0 aliphatic carbocycles. The number of rotatable bonds is 3. The van der Waals surface area contributed by atoms with Crippen LogP contribution < -0.4 is 0 Å². The highest BCUT2D eigenvalue weighted by atomic mass is 35.5. The van der Waals surface area contributed by atoms with Crippen molar-refractivity contribution in [3.8, 4) is 0 Å². The fourth-order valence-corrected chi connectivity index (χ4v) is 1.09. The molecule has 1 saturated heterocycles. The normalized spacial score (nSPS) is 23.9. The first-order valence-electron chi connectivity index (χ1n) is 2.91. The summed E-state index contributed by atoms with van der Waals surface area (Å²) in [5.41, 5.74) is 0. The molecule has 1 heterocycles. The quantitative estimate of drug-likeness (QED) is 0.267. The van der Waals surface area contributed by atoms with Gasteiger partial charge < -0.3 is 4.74 Å². The maximum atomic E-state index is 10.7. The van der Waals surface area contributed by atoms with Gasteiger partial charge in [0.05, 0.1) is 18.7 Å². The first kappa shape index (κ1) is 7.41. The van der Waals surface area contributed by atoms with Gasteiger partial charge in [0.15, 0.2) is 6.23 Å². The second-order valence-electron chi connectivity index (χ2n) is 1.94. The Bertz CT molecular complexity index is 158. The van der Waals surface area contributed by atoms with Crippen LogP contribution in [0.4, 0.5) is 0 Å². The van der Waals surface area contributed by atoms with Crippen molar-refractivity contribution in [2.24, 2.45) is 0 Å². The lowest BCUT2D eigenvalue weighted by Gasteiger charge is -2.37. The van der Waals surface area contributed by atoms with Crippen LogP contribution in [-0.4, -0.2) is 23.0 Å². The number of ether oxygens (including phenoxy) is 1. The maximum Gasteiger partial charge on any atom is 0.232 e. The first-order chi connectivity index (χ1) is 4.79. The number of carbonyl (C=O) groups is 1. The van der Waals surface area contributed by atoms with Crippen LogP contribution in [0.5, 0.6) is 0 Å². The second-order valence-corrected chi connectivity index (χ2v) is 2.18. The zero-order valence-corrected chi connectivity index (χ0v) is 6.17. The Morgan fingerprint density at radius 3 is 3.10 bits per heavy atom. The van der Waals surface area contributed by atoms with Crippen molar-refractivity contribution in [2.45, 2.75) is 12.6 Å². The van der Waals surface area contributed by atoms with E-state index in [-0.39, 0.29) is 18.1 Å². The number of nitrogens with zero attached hydrogens (tertiary/aromatic N) is 1. The number of likely N-dealkylation sites (tertiary alicyclic amines) is 1. The lowest BCUT2D eigenvalue weighted by Crippen LogP contribution is -2.52. The van der Waals surface area contributed by atoms with Crippen molar-refractivity contribution < 1.29 is 9.53 Å². The van der Waals surface area contributed by atoms with Crippen LogP contribution in [0.3, 0.4) is 0 Å². The van der Waals surface area contributed by atoms with Crippen molar-refractivity contribution in [2.75, 3.05) is 6.00 Å². The molecular weight excluding hydrogens is 154 g/mol. The molecule has 1 amide bonds. The largest absolute Gasteiger partial charge is 0.478 e. The van der Waals surface area contributed by atoms with Crippen molar-refractivity contribution in [1.82, 2.24) is 4.90 Å². The molecule has 0 aromatic rings. The van der Waals surface area contributed by atoms with Gasteiger partial charge in [-0.1, -0.05) is 6.58 Å². The Labute approximate surface area is 64.2 Å². The number of hydrogen-bond acceptors (Lipinski definition) is 2. The highest BCUT2D eigenvalue weighted by Crippen LogP contribution is 2.20. The third-order valence-corrected chi connectivity index (χ3v) is 1.66. The van der Waals surface area contributed by atoms with Crippen LogP contribution in [-0.2, 0) is 9.53 Å².